The van der Waals surface area contributed by atoms with Gasteiger partial charge < -0.3 is 15.5 Å². The predicted molar refractivity (Wildman–Crippen MR) is 88.4 cm³/mol. The largest absolute Gasteiger partial charge is 0.369 e. The van der Waals surface area contributed by atoms with Crippen LogP contribution in [0.5, 0.6) is 0 Å². The van der Waals surface area contributed by atoms with Crippen LogP contribution in [0.2, 0.25) is 0 Å². The molecule has 0 radical (unpaired) electrons. The van der Waals surface area contributed by atoms with Crippen LogP contribution in [0.4, 0.5) is 5.69 Å². The molecule has 1 aliphatic rings. The van der Waals surface area contributed by atoms with E-state index in [1.165, 1.54) is 11.8 Å². The number of nitrogens with one attached hydrogen (secondary N) is 2. The van der Waals surface area contributed by atoms with E-state index in [-0.39, 0.29) is 5.91 Å². The average molecular weight is 285 g/mol. The first kappa shape index (κ1) is 15.3. The quantitative estimate of drug-likeness (QED) is 0.640. The molecular formula is C17H23N3O. The van der Waals surface area contributed by atoms with Crippen molar-refractivity contribution in [1.82, 2.24) is 10.6 Å². The van der Waals surface area contributed by atoms with Gasteiger partial charge in [0.15, 0.2) is 0 Å². The minimum Gasteiger partial charge on any atom is -0.369 e. The van der Waals surface area contributed by atoms with Crippen LogP contribution in [0.1, 0.15) is 12.5 Å². The van der Waals surface area contributed by atoms with E-state index >= 15 is 0 Å². The second-order valence-corrected chi connectivity index (χ2v) is 4.94. The second kappa shape index (κ2) is 8.27. The van der Waals surface area contributed by atoms with Crippen molar-refractivity contribution in [3.05, 3.63) is 48.1 Å². The molecule has 0 atom stereocenters. The summed E-state index contributed by atoms with van der Waals surface area (Å²) in [6.45, 7) is 6.77. The number of allylic oxidation sites excluding steroid dienone is 2. The number of piperazine rings is 1. The molecule has 4 nitrogen and oxygen atoms in total. The summed E-state index contributed by atoms with van der Waals surface area (Å²) >= 11 is 0. The van der Waals surface area contributed by atoms with Gasteiger partial charge in [0.1, 0.15) is 0 Å². The Bertz CT molecular complexity index is 499. The van der Waals surface area contributed by atoms with Gasteiger partial charge in [-0.3, -0.25) is 4.79 Å². The first-order valence-electron chi connectivity index (χ1n) is 7.48. The molecule has 0 saturated carbocycles. The molecule has 0 unspecified atom stereocenters. The van der Waals surface area contributed by atoms with Crippen LogP contribution in [-0.2, 0) is 4.79 Å². The van der Waals surface area contributed by atoms with Crippen molar-refractivity contribution in [3.63, 3.8) is 0 Å². The number of carbonyl (C=O) groups excluding carboxylic acids is 1. The van der Waals surface area contributed by atoms with Gasteiger partial charge in [-0.1, -0.05) is 30.4 Å². The van der Waals surface area contributed by atoms with Gasteiger partial charge >= 0.3 is 0 Å². The highest BCUT2D eigenvalue weighted by Gasteiger charge is 2.09. The third-order valence-electron chi connectivity index (χ3n) is 3.37. The van der Waals surface area contributed by atoms with Gasteiger partial charge in [-0.25, -0.2) is 0 Å². The Kier molecular flexibility index (Phi) is 6.03. The fourth-order valence-corrected chi connectivity index (χ4v) is 2.26. The van der Waals surface area contributed by atoms with Crippen LogP contribution < -0.4 is 15.5 Å². The SMILES string of the molecule is CCNC(=O)/C=C/C=C/c1ccc(N2CCNCC2)cc1. The zero-order valence-electron chi connectivity index (χ0n) is 12.5. The molecule has 112 valence electrons. The molecule has 1 heterocycles. The molecule has 2 rings (SSSR count). The maximum Gasteiger partial charge on any atom is 0.243 e. The molecule has 1 aromatic rings. The van der Waals surface area contributed by atoms with E-state index in [4.69, 9.17) is 0 Å². The molecular weight excluding hydrogens is 262 g/mol. The lowest BCUT2D eigenvalue weighted by molar-refractivity contribution is -0.116. The highest BCUT2D eigenvalue weighted by molar-refractivity contribution is 5.87. The number of amides is 1. The number of anilines is 1. The zero-order chi connectivity index (χ0) is 14.9. The van der Waals surface area contributed by atoms with E-state index in [0.717, 1.165) is 31.7 Å². The Morgan fingerprint density at radius 3 is 2.62 bits per heavy atom. The van der Waals surface area contributed by atoms with Gasteiger partial charge in [0.25, 0.3) is 0 Å². The van der Waals surface area contributed by atoms with Crippen molar-refractivity contribution in [1.29, 1.82) is 0 Å². The summed E-state index contributed by atoms with van der Waals surface area (Å²) in [7, 11) is 0. The summed E-state index contributed by atoms with van der Waals surface area (Å²) in [4.78, 5) is 13.6. The molecule has 0 bridgehead atoms. The third kappa shape index (κ3) is 5.08. The molecule has 1 aromatic carbocycles. The maximum absolute atomic E-state index is 11.2. The van der Waals surface area contributed by atoms with E-state index in [2.05, 4.69) is 39.8 Å². The minimum atomic E-state index is -0.0591. The molecule has 1 amide bonds. The fraction of sp³-hybridized carbons (Fsp3) is 0.353. The summed E-state index contributed by atoms with van der Waals surface area (Å²) in [6.07, 6.45) is 7.18. The molecule has 1 fully saturated rings. The summed E-state index contributed by atoms with van der Waals surface area (Å²) in [6, 6.07) is 8.51. The number of benzene rings is 1. The lowest BCUT2D eigenvalue weighted by Gasteiger charge is -2.29. The number of nitrogens with zero attached hydrogens (tertiary/aromatic N) is 1. The molecule has 0 aromatic heterocycles. The van der Waals surface area contributed by atoms with Gasteiger partial charge in [0.2, 0.25) is 5.91 Å². The van der Waals surface area contributed by atoms with E-state index in [1.807, 2.05) is 19.1 Å². The van der Waals surface area contributed by atoms with Gasteiger partial charge in [-0.15, -0.1) is 0 Å². The molecule has 1 aliphatic heterocycles. The van der Waals surface area contributed by atoms with Crippen LogP contribution in [0.25, 0.3) is 6.08 Å². The van der Waals surface area contributed by atoms with E-state index in [9.17, 15) is 4.79 Å². The van der Waals surface area contributed by atoms with Gasteiger partial charge in [-0.2, -0.15) is 0 Å². The lowest BCUT2D eigenvalue weighted by Crippen LogP contribution is -2.43. The van der Waals surface area contributed by atoms with Crippen LogP contribution in [-0.4, -0.2) is 38.6 Å². The van der Waals surface area contributed by atoms with Crippen LogP contribution in [0.15, 0.2) is 42.5 Å². The molecule has 0 spiro atoms. The zero-order valence-corrected chi connectivity index (χ0v) is 12.5. The standard InChI is InChI=1S/C17H23N3O/c1-2-19-17(21)6-4-3-5-15-7-9-16(10-8-15)20-13-11-18-12-14-20/h3-10,18H,2,11-14H2,1H3,(H,19,21)/b5-3+,6-4+. The molecule has 2 N–H and O–H groups in total. The topological polar surface area (TPSA) is 44.4 Å². The first-order chi connectivity index (χ1) is 10.3. The number of hydrogen-bond donors (Lipinski definition) is 2. The van der Waals surface area contributed by atoms with E-state index in [0.29, 0.717) is 6.54 Å². The van der Waals surface area contributed by atoms with Crippen molar-refractivity contribution in [2.24, 2.45) is 0 Å². The van der Waals surface area contributed by atoms with Crippen molar-refractivity contribution in [3.8, 4) is 0 Å². The Morgan fingerprint density at radius 1 is 1.24 bits per heavy atom. The maximum atomic E-state index is 11.2. The smallest absolute Gasteiger partial charge is 0.243 e. The fourth-order valence-electron chi connectivity index (χ4n) is 2.26. The number of hydrogen-bond acceptors (Lipinski definition) is 3. The van der Waals surface area contributed by atoms with Crippen molar-refractivity contribution in [2.75, 3.05) is 37.6 Å². The van der Waals surface area contributed by atoms with E-state index < -0.39 is 0 Å². The van der Waals surface area contributed by atoms with Crippen molar-refractivity contribution < 1.29 is 4.79 Å². The molecule has 4 heteroatoms. The predicted octanol–water partition coefficient (Wildman–Crippen LogP) is 1.80. The Morgan fingerprint density at radius 2 is 1.95 bits per heavy atom. The van der Waals surface area contributed by atoms with Crippen LogP contribution in [0.3, 0.4) is 0 Å². The van der Waals surface area contributed by atoms with Crippen molar-refractivity contribution >= 4 is 17.7 Å². The lowest BCUT2D eigenvalue weighted by atomic mass is 10.1. The summed E-state index contributed by atoms with van der Waals surface area (Å²) in [5.41, 5.74) is 2.40. The number of rotatable bonds is 5. The van der Waals surface area contributed by atoms with Gasteiger partial charge in [0.05, 0.1) is 0 Å². The summed E-state index contributed by atoms with van der Waals surface area (Å²) in [5, 5.41) is 6.07. The normalized spacial score (nSPS) is 15.8. The Balaban J connectivity index is 1.88. The first-order valence-corrected chi connectivity index (χ1v) is 7.48. The van der Waals surface area contributed by atoms with Gasteiger partial charge in [-0.05, 0) is 24.6 Å². The highest BCUT2D eigenvalue weighted by atomic mass is 16.1. The van der Waals surface area contributed by atoms with Crippen LogP contribution >= 0.6 is 0 Å². The van der Waals surface area contributed by atoms with E-state index in [1.54, 1.807) is 6.08 Å². The van der Waals surface area contributed by atoms with Crippen LogP contribution in [0, 0.1) is 0 Å². The Labute approximate surface area is 126 Å². The second-order valence-electron chi connectivity index (χ2n) is 4.94. The molecule has 21 heavy (non-hydrogen) atoms. The monoisotopic (exact) mass is 285 g/mol. The molecule has 1 saturated heterocycles. The number of likely N-dealkylation sites (N-methyl/N-ethyl adjacent to an activating group) is 1. The highest BCUT2D eigenvalue weighted by Crippen LogP contribution is 2.16. The summed E-state index contributed by atoms with van der Waals surface area (Å²) in [5.74, 6) is -0.0591. The summed E-state index contributed by atoms with van der Waals surface area (Å²) < 4.78 is 0. The third-order valence-corrected chi connectivity index (χ3v) is 3.37. The minimum absolute atomic E-state index is 0.0591. The average Bonchev–Trinajstić information content (AvgIpc) is 2.53. The Hall–Kier alpha value is -2.07. The number of carbonyl (C=O) groups is 1. The molecule has 0 aliphatic carbocycles. The van der Waals surface area contributed by atoms with Gasteiger partial charge in [0, 0.05) is 44.5 Å². The van der Waals surface area contributed by atoms with Crippen molar-refractivity contribution in [2.45, 2.75) is 6.92 Å².